The third-order valence-corrected chi connectivity index (χ3v) is 2.90. The molecule has 3 aromatic rings. The fourth-order valence-electron chi connectivity index (χ4n) is 1.93. The van der Waals surface area contributed by atoms with Gasteiger partial charge < -0.3 is 14.9 Å². The Balaban J connectivity index is 2.04. The van der Waals surface area contributed by atoms with Crippen molar-refractivity contribution in [3.05, 3.63) is 48.7 Å². The van der Waals surface area contributed by atoms with Crippen molar-refractivity contribution >= 4 is 5.95 Å². The van der Waals surface area contributed by atoms with Gasteiger partial charge in [-0.05, 0) is 42.5 Å². The van der Waals surface area contributed by atoms with Gasteiger partial charge in [-0.25, -0.2) is 9.97 Å². The van der Waals surface area contributed by atoms with E-state index < -0.39 is 0 Å². The van der Waals surface area contributed by atoms with E-state index in [1.165, 1.54) is 0 Å². The Labute approximate surface area is 116 Å². The lowest BCUT2D eigenvalue weighted by atomic mass is 10.1. The van der Waals surface area contributed by atoms with Crippen LogP contribution >= 0.6 is 0 Å². The number of hydrogen-bond donors (Lipinski definition) is 1. The quantitative estimate of drug-likeness (QED) is 0.789. The molecule has 0 bridgehead atoms. The smallest absolute Gasteiger partial charge is 0.221 e. The van der Waals surface area contributed by atoms with Crippen molar-refractivity contribution in [1.29, 1.82) is 0 Å². The van der Waals surface area contributed by atoms with Crippen molar-refractivity contribution in [3.8, 4) is 28.5 Å². The maximum absolute atomic E-state index is 5.77. The highest BCUT2D eigenvalue weighted by molar-refractivity contribution is 5.67. The third-order valence-electron chi connectivity index (χ3n) is 2.90. The Kier molecular flexibility index (Phi) is 3.09. The van der Waals surface area contributed by atoms with Crippen molar-refractivity contribution in [2.75, 3.05) is 12.8 Å². The number of rotatable bonds is 3. The number of anilines is 1. The maximum Gasteiger partial charge on any atom is 0.221 e. The standard InChI is InChI=1S/C15H13N3O2/c1-19-11-6-4-10(5-7-11)12-9-13(18-15(16)17-12)14-3-2-8-20-14/h2-9H,1H3,(H2,16,17,18). The molecule has 0 aliphatic rings. The second-order valence-corrected chi connectivity index (χ2v) is 4.20. The molecule has 2 heterocycles. The highest BCUT2D eigenvalue weighted by Gasteiger charge is 2.08. The second-order valence-electron chi connectivity index (χ2n) is 4.20. The molecule has 0 atom stereocenters. The van der Waals surface area contributed by atoms with Crippen LogP contribution in [-0.2, 0) is 0 Å². The normalized spacial score (nSPS) is 10.4. The van der Waals surface area contributed by atoms with Gasteiger partial charge in [-0.15, -0.1) is 0 Å². The number of ether oxygens (including phenoxy) is 1. The summed E-state index contributed by atoms with van der Waals surface area (Å²) in [5, 5.41) is 0. The van der Waals surface area contributed by atoms with Crippen LogP contribution in [0.15, 0.2) is 53.1 Å². The molecule has 5 nitrogen and oxygen atoms in total. The Morgan fingerprint density at radius 3 is 2.45 bits per heavy atom. The topological polar surface area (TPSA) is 74.2 Å². The lowest BCUT2D eigenvalue weighted by molar-refractivity contribution is 0.415. The van der Waals surface area contributed by atoms with Gasteiger partial charge in [0.15, 0.2) is 5.76 Å². The van der Waals surface area contributed by atoms with E-state index in [2.05, 4.69) is 9.97 Å². The molecule has 0 fully saturated rings. The second kappa shape index (κ2) is 5.05. The predicted molar refractivity (Wildman–Crippen MR) is 76.1 cm³/mol. The van der Waals surface area contributed by atoms with Crippen molar-refractivity contribution in [3.63, 3.8) is 0 Å². The molecule has 0 amide bonds. The fourth-order valence-corrected chi connectivity index (χ4v) is 1.93. The number of nitrogens with zero attached hydrogens (tertiary/aromatic N) is 2. The van der Waals surface area contributed by atoms with Gasteiger partial charge >= 0.3 is 0 Å². The Morgan fingerprint density at radius 1 is 1.05 bits per heavy atom. The first-order chi connectivity index (χ1) is 9.76. The van der Waals surface area contributed by atoms with E-state index in [1.54, 1.807) is 19.4 Å². The summed E-state index contributed by atoms with van der Waals surface area (Å²) in [5.74, 6) is 1.67. The number of methoxy groups -OCH3 is 1. The molecule has 0 radical (unpaired) electrons. The lowest BCUT2D eigenvalue weighted by Crippen LogP contribution is -1.98. The van der Waals surface area contributed by atoms with E-state index in [9.17, 15) is 0 Å². The third kappa shape index (κ3) is 2.33. The van der Waals surface area contributed by atoms with E-state index in [4.69, 9.17) is 14.9 Å². The van der Waals surface area contributed by atoms with E-state index in [1.807, 2.05) is 36.4 Å². The molecular weight excluding hydrogens is 254 g/mol. The summed E-state index contributed by atoms with van der Waals surface area (Å²) in [6, 6.07) is 13.1. The monoisotopic (exact) mass is 267 g/mol. The van der Waals surface area contributed by atoms with Gasteiger partial charge in [0.2, 0.25) is 5.95 Å². The molecule has 0 unspecified atom stereocenters. The lowest BCUT2D eigenvalue weighted by Gasteiger charge is -2.05. The number of benzene rings is 1. The van der Waals surface area contributed by atoms with Gasteiger partial charge in [-0.2, -0.15) is 0 Å². The predicted octanol–water partition coefficient (Wildman–Crippen LogP) is 2.99. The molecule has 100 valence electrons. The van der Waals surface area contributed by atoms with Crippen LogP contribution in [-0.4, -0.2) is 17.1 Å². The SMILES string of the molecule is COc1ccc(-c2cc(-c3ccco3)nc(N)n2)cc1. The molecule has 0 aliphatic heterocycles. The minimum absolute atomic E-state index is 0.213. The Bertz CT molecular complexity index is 706. The zero-order valence-corrected chi connectivity index (χ0v) is 10.9. The van der Waals surface area contributed by atoms with E-state index in [0.29, 0.717) is 11.5 Å². The summed E-state index contributed by atoms with van der Waals surface area (Å²) in [6.45, 7) is 0. The van der Waals surface area contributed by atoms with Gasteiger partial charge in [-0.1, -0.05) is 0 Å². The summed E-state index contributed by atoms with van der Waals surface area (Å²) in [5.41, 5.74) is 8.11. The maximum atomic E-state index is 5.77. The van der Waals surface area contributed by atoms with Gasteiger partial charge in [0, 0.05) is 5.56 Å². The van der Waals surface area contributed by atoms with E-state index in [0.717, 1.165) is 17.0 Å². The van der Waals surface area contributed by atoms with Gasteiger partial charge in [0.05, 0.1) is 19.1 Å². The average molecular weight is 267 g/mol. The first-order valence-corrected chi connectivity index (χ1v) is 6.09. The Hall–Kier alpha value is -2.82. The minimum Gasteiger partial charge on any atom is -0.497 e. The van der Waals surface area contributed by atoms with Crippen LogP contribution in [0.25, 0.3) is 22.7 Å². The first kappa shape index (κ1) is 12.2. The van der Waals surface area contributed by atoms with Gasteiger partial charge in [0.1, 0.15) is 11.4 Å². The van der Waals surface area contributed by atoms with Crippen LogP contribution in [0.2, 0.25) is 0 Å². The zero-order valence-electron chi connectivity index (χ0n) is 10.9. The summed E-state index contributed by atoms with van der Waals surface area (Å²) in [6.07, 6.45) is 1.60. The summed E-state index contributed by atoms with van der Waals surface area (Å²) < 4.78 is 10.5. The highest BCUT2D eigenvalue weighted by Crippen LogP contribution is 2.26. The molecule has 0 saturated heterocycles. The summed E-state index contributed by atoms with van der Waals surface area (Å²) >= 11 is 0. The number of nitrogens with two attached hydrogens (primary N) is 1. The summed E-state index contributed by atoms with van der Waals surface area (Å²) in [7, 11) is 1.63. The number of hydrogen-bond acceptors (Lipinski definition) is 5. The van der Waals surface area contributed by atoms with E-state index in [-0.39, 0.29) is 5.95 Å². The first-order valence-electron chi connectivity index (χ1n) is 6.09. The molecule has 5 heteroatoms. The van der Waals surface area contributed by atoms with Crippen molar-refractivity contribution in [2.45, 2.75) is 0 Å². The average Bonchev–Trinajstić information content (AvgIpc) is 3.01. The molecule has 20 heavy (non-hydrogen) atoms. The molecule has 0 saturated carbocycles. The van der Waals surface area contributed by atoms with Crippen molar-refractivity contribution in [2.24, 2.45) is 0 Å². The molecule has 0 aliphatic carbocycles. The molecule has 2 N–H and O–H groups in total. The zero-order chi connectivity index (χ0) is 13.9. The van der Waals surface area contributed by atoms with Crippen LogP contribution in [0.4, 0.5) is 5.95 Å². The molecular formula is C15H13N3O2. The van der Waals surface area contributed by atoms with E-state index >= 15 is 0 Å². The van der Waals surface area contributed by atoms with Crippen LogP contribution in [0.3, 0.4) is 0 Å². The van der Waals surface area contributed by atoms with Gasteiger partial charge in [0.25, 0.3) is 0 Å². The largest absolute Gasteiger partial charge is 0.497 e. The van der Waals surface area contributed by atoms with Crippen molar-refractivity contribution in [1.82, 2.24) is 9.97 Å². The summed E-state index contributed by atoms with van der Waals surface area (Å²) in [4.78, 5) is 8.44. The van der Waals surface area contributed by atoms with Gasteiger partial charge in [-0.3, -0.25) is 0 Å². The van der Waals surface area contributed by atoms with Crippen LogP contribution in [0, 0.1) is 0 Å². The molecule has 1 aromatic carbocycles. The number of furan rings is 1. The molecule has 3 rings (SSSR count). The fraction of sp³-hybridized carbons (Fsp3) is 0.0667. The van der Waals surface area contributed by atoms with Crippen LogP contribution in [0.5, 0.6) is 5.75 Å². The number of nitrogen functional groups attached to an aromatic ring is 1. The molecule has 2 aromatic heterocycles. The Morgan fingerprint density at radius 2 is 1.80 bits per heavy atom. The van der Waals surface area contributed by atoms with Crippen LogP contribution < -0.4 is 10.5 Å². The van der Waals surface area contributed by atoms with Crippen LogP contribution in [0.1, 0.15) is 0 Å². The molecule has 0 spiro atoms. The minimum atomic E-state index is 0.213. The highest BCUT2D eigenvalue weighted by atomic mass is 16.5. The van der Waals surface area contributed by atoms with Crippen molar-refractivity contribution < 1.29 is 9.15 Å². The number of aromatic nitrogens is 2.